The van der Waals surface area contributed by atoms with Gasteiger partial charge in [0.15, 0.2) is 0 Å². The van der Waals surface area contributed by atoms with E-state index in [1.54, 1.807) is 20.3 Å². The molecule has 1 aliphatic heterocycles. The van der Waals surface area contributed by atoms with Crippen molar-refractivity contribution in [2.24, 2.45) is 0 Å². The van der Waals surface area contributed by atoms with Gasteiger partial charge in [-0.05, 0) is 61.4 Å². The van der Waals surface area contributed by atoms with E-state index in [0.717, 1.165) is 43.4 Å². The van der Waals surface area contributed by atoms with Gasteiger partial charge in [-0.3, -0.25) is 4.90 Å². The van der Waals surface area contributed by atoms with Crippen LogP contribution in [0.4, 0.5) is 0 Å². The van der Waals surface area contributed by atoms with Gasteiger partial charge in [-0.15, -0.1) is 0 Å². The lowest BCUT2D eigenvalue weighted by molar-refractivity contribution is 0.0898. The zero-order chi connectivity index (χ0) is 19.9. The van der Waals surface area contributed by atoms with Crippen LogP contribution in [0.1, 0.15) is 37.2 Å². The van der Waals surface area contributed by atoms with Crippen LogP contribution in [0.15, 0.2) is 61.0 Å². The van der Waals surface area contributed by atoms with Crippen molar-refractivity contribution in [2.75, 3.05) is 40.4 Å². The summed E-state index contributed by atoms with van der Waals surface area (Å²) in [6.07, 6.45) is 8.74. The first kappa shape index (κ1) is 20.5. The van der Waals surface area contributed by atoms with E-state index in [-0.39, 0.29) is 0 Å². The minimum atomic E-state index is 0.666. The van der Waals surface area contributed by atoms with Crippen molar-refractivity contribution in [3.63, 3.8) is 0 Å². The molecule has 0 bridgehead atoms. The van der Waals surface area contributed by atoms with Gasteiger partial charge in [0.25, 0.3) is 0 Å². The number of piperazine rings is 1. The molecule has 1 aromatic carbocycles. The maximum absolute atomic E-state index is 5.45. The third-order valence-corrected chi connectivity index (χ3v) is 6.28. The van der Waals surface area contributed by atoms with Crippen molar-refractivity contribution in [1.29, 1.82) is 0 Å². The number of methoxy groups -OCH3 is 2. The van der Waals surface area contributed by atoms with Crippen LogP contribution in [0.2, 0.25) is 0 Å². The molecule has 0 amide bonds. The zero-order valence-corrected chi connectivity index (χ0v) is 17.4. The Balaban J connectivity index is 1.53. The second kappa shape index (κ2) is 9.83. The van der Waals surface area contributed by atoms with E-state index >= 15 is 0 Å². The highest BCUT2D eigenvalue weighted by Gasteiger charge is 2.29. The van der Waals surface area contributed by atoms with Gasteiger partial charge >= 0.3 is 0 Å². The molecule has 0 atom stereocenters. The molecule has 1 aliphatic carbocycles. The summed E-state index contributed by atoms with van der Waals surface area (Å²) < 4.78 is 10.8. The predicted molar refractivity (Wildman–Crippen MR) is 116 cm³/mol. The molecule has 0 unspecified atom stereocenters. The Kier molecular flexibility index (Phi) is 7.21. The molecular formula is C24H34N2O2. The maximum atomic E-state index is 5.45. The van der Waals surface area contributed by atoms with Crippen LogP contribution in [-0.4, -0.2) is 56.2 Å². The van der Waals surface area contributed by atoms with E-state index in [0.29, 0.717) is 12.0 Å². The highest BCUT2D eigenvalue weighted by molar-refractivity contribution is 5.31. The Bertz CT molecular complexity index is 696. The number of allylic oxidation sites excluding steroid dienone is 2. The van der Waals surface area contributed by atoms with Crippen molar-refractivity contribution in [3.05, 3.63) is 66.6 Å². The van der Waals surface area contributed by atoms with Crippen molar-refractivity contribution < 1.29 is 9.47 Å². The summed E-state index contributed by atoms with van der Waals surface area (Å²) in [6.45, 7) is 12.0. The first-order valence-electron chi connectivity index (χ1n) is 10.4. The number of rotatable bonds is 7. The monoisotopic (exact) mass is 382 g/mol. The van der Waals surface area contributed by atoms with E-state index in [1.807, 2.05) is 12.1 Å². The SMILES string of the molecule is C=C/C(OC)=C(\C=C)N1CCN(C2CCC(c3cccc(OC)c3)CC2)CC1. The summed E-state index contributed by atoms with van der Waals surface area (Å²) in [5.74, 6) is 2.44. The number of ether oxygens (including phenoxy) is 2. The summed E-state index contributed by atoms with van der Waals surface area (Å²) in [5.41, 5.74) is 2.48. The molecule has 1 aromatic rings. The lowest BCUT2D eigenvalue weighted by Crippen LogP contribution is -2.50. The summed E-state index contributed by atoms with van der Waals surface area (Å²) >= 11 is 0. The number of hydrogen-bond donors (Lipinski definition) is 0. The van der Waals surface area contributed by atoms with Crippen LogP contribution in [0.3, 0.4) is 0 Å². The van der Waals surface area contributed by atoms with Crippen LogP contribution < -0.4 is 4.74 Å². The van der Waals surface area contributed by atoms with Gasteiger partial charge in [0.2, 0.25) is 0 Å². The fourth-order valence-corrected chi connectivity index (χ4v) is 4.68. The number of hydrogen-bond acceptors (Lipinski definition) is 4. The molecule has 1 heterocycles. The quantitative estimate of drug-likeness (QED) is 0.509. The average Bonchev–Trinajstić information content (AvgIpc) is 2.77. The number of benzene rings is 1. The summed E-state index contributed by atoms with van der Waals surface area (Å²) in [7, 11) is 3.44. The molecule has 0 N–H and O–H groups in total. The molecule has 1 saturated carbocycles. The lowest BCUT2D eigenvalue weighted by Gasteiger charge is -2.43. The maximum Gasteiger partial charge on any atom is 0.141 e. The fourth-order valence-electron chi connectivity index (χ4n) is 4.68. The highest BCUT2D eigenvalue weighted by atomic mass is 16.5. The smallest absolute Gasteiger partial charge is 0.141 e. The van der Waals surface area contributed by atoms with Gasteiger partial charge in [0, 0.05) is 32.2 Å². The molecule has 4 nitrogen and oxygen atoms in total. The van der Waals surface area contributed by atoms with E-state index in [9.17, 15) is 0 Å². The predicted octanol–water partition coefficient (Wildman–Crippen LogP) is 4.57. The number of nitrogens with zero attached hydrogens (tertiary/aromatic N) is 2. The van der Waals surface area contributed by atoms with Crippen LogP contribution in [-0.2, 0) is 4.74 Å². The molecule has 0 aromatic heterocycles. The molecule has 2 aliphatic rings. The van der Waals surface area contributed by atoms with Crippen molar-refractivity contribution in [1.82, 2.24) is 9.80 Å². The van der Waals surface area contributed by atoms with Crippen LogP contribution >= 0.6 is 0 Å². The van der Waals surface area contributed by atoms with Crippen molar-refractivity contribution in [3.8, 4) is 5.75 Å². The molecular weight excluding hydrogens is 348 g/mol. The Morgan fingerprint density at radius 3 is 2.29 bits per heavy atom. The van der Waals surface area contributed by atoms with E-state index < -0.39 is 0 Å². The molecule has 0 spiro atoms. The Morgan fingerprint density at radius 1 is 1.00 bits per heavy atom. The molecule has 2 fully saturated rings. The minimum absolute atomic E-state index is 0.666. The molecule has 4 heteroatoms. The third kappa shape index (κ3) is 4.61. The topological polar surface area (TPSA) is 24.9 Å². The highest BCUT2D eigenvalue weighted by Crippen LogP contribution is 2.36. The second-order valence-corrected chi connectivity index (χ2v) is 7.67. The van der Waals surface area contributed by atoms with Gasteiger partial charge < -0.3 is 14.4 Å². The summed E-state index contributed by atoms with van der Waals surface area (Å²) in [5, 5.41) is 0. The Hall–Kier alpha value is -2.20. The first-order chi connectivity index (χ1) is 13.7. The van der Waals surface area contributed by atoms with Gasteiger partial charge in [0.1, 0.15) is 11.5 Å². The van der Waals surface area contributed by atoms with Gasteiger partial charge in [-0.25, -0.2) is 0 Å². The molecule has 0 radical (unpaired) electrons. The molecule has 1 saturated heterocycles. The van der Waals surface area contributed by atoms with Crippen LogP contribution in [0.5, 0.6) is 5.75 Å². The zero-order valence-electron chi connectivity index (χ0n) is 17.4. The van der Waals surface area contributed by atoms with Crippen LogP contribution in [0, 0.1) is 0 Å². The summed E-state index contributed by atoms with van der Waals surface area (Å²) in [6, 6.07) is 9.31. The molecule has 3 rings (SSSR count). The summed E-state index contributed by atoms with van der Waals surface area (Å²) in [4.78, 5) is 5.05. The van der Waals surface area contributed by atoms with Crippen molar-refractivity contribution in [2.45, 2.75) is 37.6 Å². The first-order valence-corrected chi connectivity index (χ1v) is 10.4. The minimum Gasteiger partial charge on any atom is -0.497 e. The standard InChI is InChI=1S/C24H34N2O2/c1-5-23(24(6-2)28-4)26-16-14-25(15-17-26)21-12-10-19(11-13-21)20-8-7-9-22(18-20)27-3/h5-9,18-19,21H,1-2,10-17H2,3-4H3/b24-23-. The lowest BCUT2D eigenvalue weighted by atomic mass is 9.81. The third-order valence-electron chi connectivity index (χ3n) is 6.28. The largest absolute Gasteiger partial charge is 0.497 e. The second-order valence-electron chi connectivity index (χ2n) is 7.67. The van der Waals surface area contributed by atoms with Gasteiger partial charge in [0.05, 0.1) is 19.9 Å². The fraction of sp³-hybridized carbons (Fsp3) is 0.500. The van der Waals surface area contributed by atoms with E-state index in [1.165, 1.54) is 31.2 Å². The average molecular weight is 383 g/mol. The van der Waals surface area contributed by atoms with E-state index in [2.05, 4.69) is 41.2 Å². The Labute approximate surface area is 170 Å². The van der Waals surface area contributed by atoms with Crippen LogP contribution in [0.25, 0.3) is 0 Å². The van der Waals surface area contributed by atoms with Gasteiger partial charge in [-0.1, -0.05) is 25.3 Å². The van der Waals surface area contributed by atoms with Crippen molar-refractivity contribution >= 4 is 0 Å². The Morgan fingerprint density at radius 2 is 1.71 bits per heavy atom. The van der Waals surface area contributed by atoms with E-state index in [4.69, 9.17) is 9.47 Å². The van der Waals surface area contributed by atoms with Gasteiger partial charge in [-0.2, -0.15) is 0 Å². The molecule has 28 heavy (non-hydrogen) atoms. The normalized spacial score (nSPS) is 24.3. The molecule has 152 valence electrons.